The van der Waals surface area contributed by atoms with E-state index in [-0.39, 0.29) is 11.0 Å². The average Bonchev–Trinajstić information content (AvgIpc) is 2.89. The van der Waals surface area contributed by atoms with Crippen LogP contribution in [0.1, 0.15) is 11.3 Å². The molecule has 0 spiro atoms. The van der Waals surface area contributed by atoms with Crippen LogP contribution in [0.5, 0.6) is 0 Å². The van der Waals surface area contributed by atoms with E-state index in [1.54, 1.807) is 0 Å². The van der Waals surface area contributed by atoms with Gasteiger partial charge in [0.05, 0.1) is 11.7 Å². The van der Waals surface area contributed by atoms with Gasteiger partial charge in [-0.1, -0.05) is 12.1 Å². The zero-order valence-corrected chi connectivity index (χ0v) is 10.4. The number of rotatable bonds is 3. The van der Waals surface area contributed by atoms with E-state index in [0.29, 0.717) is 29.6 Å². The predicted molar refractivity (Wildman–Crippen MR) is 70.5 cm³/mol. The summed E-state index contributed by atoms with van der Waals surface area (Å²) in [6.45, 7) is 0. The van der Waals surface area contributed by atoms with Gasteiger partial charge in [-0.05, 0) is 24.5 Å². The van der Waals surface area contributed by atoms with Gasteiger partial charge >= 0.3 is 0 Å². The van der Waals surface area contributed by atoms with Gasteiger partial charge in [0.1, 0.15) is 5.52 Å². The number of benzene rings is 1. The van der Waals surface area contributed by atoms with Crippen LogP contribution in [-0.4, -0.2) is 15.2 Å². The molecular weight excluding hydrogens is 264 g/mol. The molecule has 0 bridgehead atoms. The lowest BCUT2D eigenvalue weighted by Gasteiger charge is -2.04. The maximum absolute atomic E-state index is 13.5. The maximum Gasteiger partial charge on any atom is 0.207 e. The van der Waals surface area contributed by atoms with E-state index >= 15 is 0 Å². The molecule has 102 valence electrons. The molecule has 0 aliphatic heterocycles. The van der Waals surface area contributed by atoms with E-state index in [1.807, 2.05) is 0 Å². The average molecular weight is 275 g/mol. The van der Waals surface area contributed by atoms with Gasteiger partial charge in [-0.3, -0.25) is 9.89 Å². The molecule has 0 atom stereocenters. The summed E-state index contributed by atoms with van der Waals surface area (Å²) in [5.41, 5.74) is 1.79. The lowest BCUT2D eigenvalue weighted by Crippen LogP contribution is -2.06. The van der Waals surface area contributed by atoms with Crippen molar-refractivity contribution in [1.82, 2.24) is 15.2 Å². The second kappa shape index (κ2) is 4.88. The number of hydrogen-bond donors (Lipinski definition) is 2. The highest BCUT2D eigenvalue weighted by molar-refractivity contribution is 5.72. The van der Waals surface area contributed by atoms with E-state index < -0.39 is 11.6 Å². The van der Waals surface area contributed by atoms with Crippen molar-refractivity contribution in [2.75, 3.05) is 0 Å². The second-order valence-corrected chi connectivity index (χ2v) is 4.53. The Labute approximate surface area is 112 Å². The predicted octanol–water partition coefficient (Wildman–Crippen LogP) is 2.31. The van der Waals surface area contributed by atoms with Gasteiger partial charge in [0.25, 0.3) is 0 Å². The van der Waals surface area contributed by atoms with E-state index in [0.717, 1.165) is 6.07 Å². The van der Waals surface area contributed by atoms with Crippen molar-refractivity contribution in [2.45, 2.75) is 12.8 Å². The molecule has 0 aliphatic carbocycles. The molecule has 3 rings (SSSR count). The van der Waals surface area contributed by atoms with Crippen LogP contribution in [0.2, 0.25) is 0 Å². The molecule has 1 aromatic carbocycles. The lowest BCUT2D eigenvalue weighted by atomic mass is 10.1. The number of halogens is 2. The van der Waals surface area contributed by atoms with Crippen molar-refractivity contribution in [3.05, 3.63) is 63.6 Å². The molecule has 0 unspecified atom stereocenters. The number of aromatic amines is 2. The van der Waals surface area contributed by atoms with Crippen LogP contribution in [0, 0.1) is 11.6 Å². The Balaban J connectivity index is 1.86. The van der Waals surface area contributed by atoms with Crippen LogP contribution < -0.4 is 5.43 Å². The van der Waals surface area contributed by atoms with E-state index in [4.69, 9.17) is 0 Å². The van der Waals surface area contributed by atoms with Crippen molar-refractivity contribution >= 4 is 11.0 Å². The van der Waals surface area contributed by atoms with Crippen LogP contribution in [0.4, 0.5) is 8.78 Å². The third-order valence-corrected chi connectivity index (χ3v) is 3.18. The number of aromatic nitrogens is 3. The van der Waals surface area contributed by atoms with Gasteiger partial charge in [-0.2, -0.15) is 5.10 Å². The van der Waals surface area contributed by atoms with Gasteiger partial charge in [0.15, 0.2) is 11.6 Å². The minimum atomic E-state index is -0.860. The number of nitrogens with one attached hydrogen (secondary N) is 2. The Morgan fingerprint density at radius 2 is 2.05 bits per heavy atom. The van der Waals surface area contributed by atoms with Crippen molar-refractivity contribution in [2.24, 2.45) is 0 Å². The van der Waals surface area contributed by atoms with Gasteiger partial charge in [0, 0.05) is 11.8 Å². The summed E-state index contributed by atoms with van der Waals surface area (Å²) in [7, 11) is 0. The first-order chi connectivity index (χ1) is 9.65. The first kappa shape index (κ1) is 12.5. The normalized spacial score (nSPS) is 11.1. The first-order valence-electron chi connectivity index (χ1n) is 6.13. The second-order valence-electron chi connectivity index (χ2n) is 4.53. The van der Waals surface area contributed by atoms with Gasteiger partial charge in [-0.25, -0.2) is 8.78 Å². The lowest BCUT2D eigenvalue weighted by molar-refractivity contribution is 0.498. The zero-order chi connectivity index (χ0) is 14.1. The molecule has 4 nitrogen and oxygen atoms in total. The summed E-state index contributed by atoms with van der Waals surface area (Å²) in [6.07, 6.45) is 2.24. The fourth-order valence-electron chi connectivity index (χ4n) is 2.15. The van der Waals surface area contributed by atoms with Crippen LogP contribution >= 0.6 is 0 Å². The minimum absolute atomic E-state index is 0.175. The van der Waals surface area contributed by atoms with Crippen molar-refractivity contribution in [1.29, 1.82) is 0 Å². The SMILES string of the molecule is O=c1cc(CCc2cccc(F)c2F)[nH]c2cn[nH]c12. The van der Waals surface area contributed by atoms with Crippen molar-refractivity contribution in [3.8, 4) is 0 Å². The first-order valence-corrected chi connectivity index (χ1v) is 6.13. The van der Waals surface area contributed by atoms with E-state index in [1.165, 1.54) is 24.4 Å². The molecule has 0 amide bonds. The number of pyridine rings is 1. The van der Waals surface area contributed by atoms with Crippen molar-refractivity contribution in [3.63, 3.8) is 0 Å². The molecule has 2 heterocycles. The molecule has 2 aromatic heterocycles. The third kappa shape index (κ3) is 2.20. The quantitative estimate of drug-likeness (QED) is 0.770. The largest absolute Gasteiger partial charge is 0.356 e. The standard InChI is InChI=1S/C14H11F2N3O/c15-10-3-1-2-8(13(10)16)4-5-9-6-12(20)14-11(18-9)7-17-19-14/h1-3,6-7H,4-5H2,(H,17,19)(H,18,20). The minimum Gasteiger partial charge on any atom is -0.356 e. The van der Waals surface area contributed by atoms with Crippen LogP contribution in [0.25, 0.3) is 11.0 Å². The molecule has 6 heteroatoms. The number of H-pyrrole nitrogens is 2. The Morgan fingerprint density at radius 1 is 1.20 bits per heavy atom. The smallest absolute Gasteiger partial charge is 0.207 e. The Hall–Kier alpha value is -2.50. The molecule has 0 saturated heterocycles. The Morgan fingerprint density at radius 3 is 2.90 bits per heavy atom. The highest BCUT2D eigenvalue weighted by atomic mass is 19.2. The van der Waals surface area contributed by atoms with E-state index in [9.17, 15) is 13.6 Å². The monoisotopic (exact) mass is 275 g/mol. The number of hydrogen-bond acceptors (Lipinski definition) is 2. The van der Waals surface area contributed by atoms with Gasteiger partial charge < -0.3 is 4.98 Å². The van der Waals surface area contributed by atoms with Gasteiger partial charge in [0.2, 0.25) is 5.43 Å². The van der Waals surface area contributed by atoms with Gasteiger partial charge in [-0.15, -0.1) is 0 Å². The molecular formula is C14H11F2N3O. The highest BCUT2D eigenvalue weighted by Gasteiger charge is 2.09. The van der Waals surface area contributed by atoms with Crippen molar-refractivity contribution < 1.29 is 8.78 Å². The summed E-state index contributed by atoms with van der Waals surface area (Å²) in [6, 6.07) is 5.53. The molecule has 0 saturated carbocycles. The fraction of sp³-hybridized carbons (Fsp3) is 0.143. The molecule has 20 heavy (non-hydrogen) atoms. The summed E-state index contributed by atoms with van der Waals surface area (Å²) in [5, 5.41) is 6.38. The Kier molecular flexibility index (Phi) is 3.06. The van der Waals surface area contributed by atoms with E-state index in [2.05, 4.69) is 15.2 Å². The summed E-state index contributed by atoms with van der Waals surface area (Å²) in [4.78, 5) is 14.8. The number of nitrogens with zero attached hydrogens (tertiary/aromatic N) is 1. The Bertz CT molecular complexity index is 823. The summed E-state index contributed by atoms with van der Waals surface area (Å²) >= 11 is 0. The summed E-state index contributed by atoms with van der Waals surface area (Å²) < 4.78 is 26.6. The topological polar surface area (TPSA) is 61.5 Å². The van der Waals surface area contributed by atoms with Crippen LogP contribution in [-0.2, 0) is 12.8 Å². The summed E-state index contributed by atoms with van der Waals surface area (Å²) in [5.74, 6) is -1.69. The maximum atomic E-state index is 13.5. The molecule has 3 aromatic rings. The zero-order valence-electron chi connectivity index (χ0n) is 10.4. The number of aryl methyl sites for hydroxylation is 2. The third-order valence-electron chi connectivity index (χ3n) is 3.18. The highest BCUT2D eigenvalue weighted by Crippen LogP contribution is 2.14. The molecule has 0 fully saturated rings. The van der Waals surface area contributed by atoms with Crippen LogP contribution in [0.15, 0.2) is 35.3 Å². The molecule has 0 radical (unpaired) electrons. The number of fused-ring (bicyclic) bond motifs is 1. The molecule has 2 N–H and O–H groups in total. The fourth-order valence-corrected chi connectivity index (χ4v) is 2.15. The van der Waals surface area contributed by atoms with Crippen LogP contribution in [0.3, 0.4) is 0 Å². The molecule has 0 aliphatic rings.